The number of para-hydroxylation sites is 2. The number of thioether (sulfide) groups is 2. The normalized spacial score (nSPS) is 9.10. The number of ketones is 2. The first-order chi connectivity index (χ1) is 30.6. The van der Waals surface area contributed by atoms with Gasteiger partial charge in [0.2, 0.25) is 0 Å². The molecule has 4 aromatic rings. The number of carbonyl (C=O) groups excluding carboxylic acids is 2. The molecule has 0 saturated carbocycles. The molecule has 0 bridgehead atoms. The van der Waals surface area contributed by atoms with Gasteiger partial charge in [-0.05, 0) is 85.7 Å². The van der Waals surface area contributed by atoms with Gasteiger partial charge in [0, 0.05) is 22.6 Å². The molecule has 8 heteroatoms. The summed E-state index contributed by atoms with van der Waals surface area (Å²) in [6, 6.07) is 40.0. The van der Waals surface area contributed by atoms with Crippen LogP contribution in [0.3, 0.4) is 0 Å². The Bertz CT molecular complexity index is 1290. The van der Waals surface area contributed by atoms with Crippen LogP contribution in [0.5, 0.6) is 11.5 Å². The minimum absolute atomic E-state index is 0. The van der Waals surface area contributed by atoms with E-state index in [1.54, 1.807) is 51.6 Å². The molecule has 0 atom stereocenters. The molecule has 0 saturated heterocycles. The van der Waals surface area contributed by atoms with Crippen LogP contribution in [0.15, 0.2) is 131 Å². The molecule has 0 aliphatic carbocycles. The number of methoxy groups -OCH3 is 2. The van der Waals surface area contributed by atoms with Crippen molar-refractivity contribution in [3.63, 3.8) is 0 Å². The van der Waals surface area contributed by atoms with E-state index < -0.39 is 0 Å². The molecular formula is C59H106B2O4S2. The van der Waals surface area contributed by atoms with Gasteiger partial charge in [-0.15, -0.1) is 23.5 Å². The van der Waals surface area contributed by atoms with Gasteiger partial charge in [0.05, 0.1) is 29.9 Å². The molecule has 4 radical (unpaired) electrons. The van der Waals surface area contributed by atoms with Crippen LogP contribution < -0.4 is 9.47 Å². The fraction of sp³-hybridized carbons (Fsp3) is 0.559. The highest BCUT2D eigenvalue weighted by atomic mass is 32.2. The Balaban J connectivity index is -0.0000000804. The number of ether oxygens (including phenoxy) is 2. The van der Waals surface area contributed by atoms with Crippen molar-refractivity contribution >= 4 is 50.8 Å². The molecule has 0 amide bonds. The van der Waals surface area contributed by atoms with E-state index in [0.29, 0.717) is 12.8 Å². The van der Waals surface area contributed by atoms with Gasteiger partial charge in [-0.25, -0.2) is 0 Å². The number of rotatable bonds is 6. The highest BCUT2D eigenvalue weighted by molar-refractivity contribution is 7.98. The van der Waals surface area contributed by atoms with Gasteiger partial charge in [-0.2, -0.15) is 0 Å². The van der Waals surface area contributed by atoms with Crippen molar-refractivity contribution in [1.29, 1.82) is 0 Å². The van der Waals surface area contributed by atoms with Crippen LogP contribution >= 0.6 is 23.5 Å². The second kappa shape index (κ2) is 57.0. The molecule has 0 aliphatic heterocycles. The third-order valence-electron chi connectivity index (χ3n) is 5.47. The lowest BCUT2D eigenvalue weighted by atomic mass is 9.75. The Morgan fingerprint density at radius 2 is 0.582 bits per heavy atom. The molecule has 4 aromatic carbocycles. The molecule has 67 heavy (non-hydrogen) atoms. The van der Waals surface area contributed by atoms with Gasteiger partial charge in [-0.1, -0.05) is 229 Å². The largest absolute Gasteiger partial charge is 0.497 e. The van der Waals surface area contributed by atoms with Gasteiger partial charge in [0.15, 0.2) is 0 Å². The zero-order chi connectivity index (χ0) is 53.8. The second-order valence-corrected chi connectivity index (χ2v) is 19.4. The maximum absolute atomic E-state index is 10.5. The summed E-state index contributed by atoms with van der Waals surface area (Å²) in [5, 5.41) is 0. The summed E-state index contributed by atoms with van der Waals surface area (Å²) in [4.78, 5) is 23.6. The molecule has 0 aliphatic rings. The molecule has 384 valence electrons. The zero-order valence-corrected chi connectivity index (χ0v) is 49.2. The van der Waals surface area contributed by atoms with E-state index in [2.05, 4.69) is 78.3 Å². The van der Waals surface area contributed by atoms with Crippen molar-refractivity contribution in [2.75, 3.05) is 26.7 Å². The van der Waals surface area contributed by atoms with Crippen LogP contribution in [0.25, 0.3) is 0 Å². The molecule has 0 aromatic heterocycles. The van der Waals surface area contributed by atoms with Crippen molar-refractivity contribution in [2.24, 2.45) is 10.8 Å². The summed E-state index contributed by atoms with van der Waals surface area (Å²) < 4.78 is 9.83. The monoisotopic (exact) mass is 965 g/mol. The van der Waals surface area contributed by atoms with Crippen molar-refractivity contribution in [2.45, 2.75) is 193 Å². The van der Waals surface area contributed by atoms with E-state index in [-0.39, 0.29) is 40.5 Å². The van der Waals surface area contributed by atoms with Gasteiger partial charge >= 0.3 is 0 Å². The highest BCUT2D eigenvalue weighted by Gasteiger charge is 2.12. The average molecular weight is 965 g/mol. The first-order valence-corrected chi connectivity index (χ1v) is 25.9. The van der Waals surface area contributed by atoms with Crippen LogP contribution in [0.1, 0.15) is 173 Å². The predicted molar refractivity (Wildman–Crippen MR) is 315 cm³/mol. The summed E-state index contributed by atoms with van der Waals surface area (Å²) in [5.41, 5.74) is 0.345. The number of benzene rings is 4. The number of carbonyl (C=O) groups is 2. The van der Waals surface area contributed by atoms with E-state index >= 15 is 0 Å². The lowest BCUT2D eigenvalue weighted by molar-refractivity contribution is -0.119. The van der Waals surface area contributed by atoms with Crippen molar-refractivity contribution < 1.29 is 19.1 Å². The summed E-state index contributed by atoms with van der Waals surface area (Å²) in [6.45, 7) is 43.4. The Hall–Kier alpha value is -3.35. The third kappa shape index (κ3) is 106. The highest BCUT2D eigenvalue weighted by Crippen LogP contribution is 2.19. The summed E-state index contributed by atoms with van der Waals surface area (Å²) in [6.07, 6.45) is 5.53. The topological polar surface area (TPSA) is 52.6 Å². The van der Waals surface area contributed by atoms with Gasteiger partial charge < -0.3 is 19.1 Å². The van der Waals surface area contributed by atoms with E-state index in [0.717, 1.165) is 11.5 Å². The van der Waals surface area contributed by atoms with Gasteiger partial charge in [0.25, 0.3) is 0 Å². The number of hydrogen-bond donors (Lipinski definition) is 0. The van der Waals surface area contributed by atoms with Crippen LogP contribution in [-0.4, -0.2) is 54.0 Å². The van der Waals surface area contributed by atoms with E-state index in [1.165, 1.54) is 9.79 Å². The Labute approximate surface area is 431 Å². The fourth-order valence-electron chi connectivity index (χ4n) is 3.72. The Morgan fingerprint density at radius 3 is 0.657 bits per heavy atom. The Morgan fingerprint density at radius 1 is 0.418 bits per heavy atom. The molecule has 0 spiro atoms. The number of Topliss-reactive ketones (excluding diaryl/α,β-unsaturated/α-hetero) is 2. The first kappa shape index (κ1) is 83.6. The van der Waals surface area contributed by atoms with E-state index in [9.17, 15) is 9.59 Å². The molecule has 4 rings (SSSR count). The van der Waals surface area contributed by atoms with Crippen LogP contribution in [0.4, 0.5) is 0 Å². The fourth-order valence-corrected chi connectivity index (χ4v) is 4.58. The SMILES string of the molecule is C.CC.CC.CC.CC.CC(=O)CC(C)(C)C.CC(=O)CC(C)(C)C.COc1ccccc1.COc1ccccc1.CSc1ccccc1.CSc1ccccc1.[B]C(C)(C)C.[B]C(C)(C)C. The van der Waals surface area contributed by atoms with Gasteiger partial charge in [0.1, 0.15) is 23.1 Å². The molecule has 0 unspecified atom stereocenters. The molecular weight excluding hydrogens is 858 g/mol. The maximum Gasteiger partial charge on any atom is 0.130 e. The van der Waals surface area contributed by atoms with Crippen LogP contribution in [0, 0.1) is 10.8 Å². The summed E-state index contributed by atoms with van der Waals surface area (Å²) in [5.74, 6) is 2.37. The second-order valence-electron chi connectivity index (χ2n) is 17.7. The van der Waals surface area contributed by atoms with Crippen LogP contribution in [0.2, 0.25) is 10.6 Å². The van der Waals surface area contributed by atoms with E-state index in [1.807, 2.05) is 194 Å². The summed E-state index contributed by atoms with van der Waals surface area (Å²) >= 11 is 3.54. The minimum Gasteiger partial charge on any atom is -0.497 e. The van der Waals surface area contributed by atoms with E-state index in [4.69, 9.17) is 25.2 Å². The summed E-state index contributed by atoms with van der Waals surface area (Å²) in [7, 11) is 14.0. The quantitative estimate of drug-likeness (QED) is 0.142. The molecule has 0 fully saturated rings. The van der Waals surface area contributed by atoms with Gasteiger partial charge in [-0.3, -0.25) is 0 Å². The first-order valence-electron chi connectivity index (χ1n) is 23.5. The average Bonchev–Trinajstić information content (AvgIpc) is 3.26. The minimum atomic E-state index is 0. The Kier molecular flexibility index (Phi) is 71.1. The number of hydrogen-bond acceptors (Lipinski definition) is 6. The zero-order valence-electron chi connectivity index (χ0n) is 47.6. The third-order valence-corrected chi connectivity index (χ3v) is 6.96. The maximum atomic E-state index is 10.5. The standard InChI is InChI=1S/2C7H8O.2C7H14O.2C7H8S.2C4H9B.4C2H6.CH4/c2*1-8-7-5-3-2-4-6-7;2*1-6(8)5-7(2,3)4;2*1-8-7-5-3-2-4-6-7;2*1-4(2,3)5;4*1-2;/h2*2-6H,1H3;2*5H2,1-4H3;2*2-6H,1H3;2*1-3H3;4*1-2H3;1H4. The van der Waals surface area contributed by atoms with Crippen LogP contribution in [-0.2, 0) is 9.59 Å². The molecule has 0 heterocycles. The smallest absolute Gasteiger partial charge is 0.130 e. The molecule has 4 nitrogen and oxygen atoms in total. The molecule has 0 N–H and O–H groups in total. The predicted octanol–water partition coefficient (Wildman–Crippen LogP) is 19.7. The lowest BCUT2D eigenvalue weighted by Crippen LogP contribution is -2.09. The lowest BCUT2D eigenvalue weighted by Gasteiger charge is -2.14. The van der Waals surface area contributed by atoms with Crippen molar-refractivity contribution in [3.8, 4) is 11.5 Å². The van der Waals surface area contributed by atoms with Crippen molar-refractivity contribution in [1.82, 2.24) is 0 Å². The van der Waals surface area contributed by atoms with Crippen molar-refractivity contribution in [3.05, 3.63) is 121 Å².